The first kappa shape index (κ1) is 20.4. The van der Waals surface area contributed by atoms with Gasteiger partial charge in [-0.25, -0.2) is 0 Å². The van der Waals surface area contributed by atoms with Crippen molar-refractivity contribution in [2.75, 3.05) is 0 Å². The van der Waals surface area contributed by atoms with E-state index in [-0.39, 0.29) is 18.4 Å². The fourth-order valence-electron chi connectivity index (χ4n) is 3.30. The monoisotopic (exact) mass is 417 g/mol. The summed E-state index contributed by atoms with van der Waals surface area (Å²) in [4.78, 5) is 17.5. The highest BCUT2D eigenvalue weighted by atomic mass is 16.5. The Morgan fingerprint density at radius 3 is 2.74 bits per heavy atom. The highest BCUT2D eigenvalue weighted by molar-refractivity contribution is 5.96. The van der Waals surface area contributed by atoms with E-state index in [2.05, 4.69) is 31.0 Å². The lowest BCUT2D eigenvalue weighted by molar-refractivity contribution is 0.0950. The van der Waals surface area contributed by atoms with Crippen molar-refractivity contribution in [3.63, 3.8) is 0 Å². The van der Waals surface area contributed by atoms with E-state index in [0.717, 1.165) is 16.8 Å². The lowest BCUT2D eigenvalue weighted by Crippen LogP contribution is -2.23. The molecule has 9 nitrogen and oxygen atoms in total. The van der Waals surface area contributed by atoms with Crippen LogP contribution in [0.25, 0.3) is 16.9 Å². The molecule has 0 radical (unpaired) electrons. The van der Waals surface area contributed by atoms with Crippen LogP contribution in [0.4, 0.5) is 0 Å². The quantitative estimate of drug-likeness (QED) is 0.512. The first-order valence-corrected chi connectivity index (χ1v) is 9.98. The lowest BCUT2D eigenvalue weighted by Gasteiger charge is -2.13. The molecule has 0 saturated heterocycles. The second kappa shape index (κ2) is 8.47. The Labute approximate surface area is 179 Å². The molecule has 1 aromatic carbocycles. The molecule has 3 aromatic heterocycles. The Kier molecular flexibility index (Phi) is 5.57. The number of amides is 1. The minimum Gasteiger partial charge on any atom is -0.361 e. The second-order valence-electron chi connectivity index (χ2n) is 7.65. The summed E-state index contributed by atoms with van der Waals surface area (Å²) in [6.45, 7) is 8.09. The first-order valence-electron chi connectivity index (χ1n) is 9.98. The van der Waals surface area contributed by atoms with E-state index in [1.807, 2.05) is 52.0 Å². The average Bonchev–Trinajstić information content (AvgIpc) is 3.41. The van der Waals surface area contributed by atoms with Crippen molar-refractivity contribution in [1.82, 2.24) is 35.7 Å². The summed E-state index contributed by atoms with van der Waals surface area (Å²) in [6, 6.07) is 11.2. The van der Waals surface area contributed by atoms with Gasteiger partial charge in [0, 0.05) is 29.3 Å². The van der Waals surface area contributed by atoms with Crippen LogP contribution in [-0.4, -0.2) is 36.3 Å². The van der Waals surface area contributed by atoms with Crippen molar-refractivity contribution >= 4 is 5.91 Å². The standard InChI is InChI=1S/C22H23N7O2/c1-13(2)21-25-27-28-29(21)19-10-16(20-14(3)6-5-7-23-20)9-17(11-19)22(30)24-12-18-8-15(4)31-26-18/h5-11,13H,12H2,1-4H3,(H,24,30). The number of rotatable bonds is 6. The van der Waals surface area contributed by atoms with E-state index in [0.29, 0.717) is 28.5 Å². The summed E-state index contributed by atoms with van der Waals surface area (Å²) in [5.41, 5.74) is 4.44. The summed E-state index contributed by atoms with van der Waals surface area (Å²) in [7, 11) is 0. The number of aromatic nitrogens is 6. The number of tetrazole rings is 1. The molecular weight excluding hydrogens is 394 g/mol. The number of carbonyl (C=O) groups excluding carboxylic acids is 1. The molecule has 0 aliphatic rings. The smallest absolute Gasteiger partial charge is 0.251 e. The molecule has 0 unspecified atom stereocenters. The molecule has 0 atom stereocenters. The van der Waals surface area contributed by atoms with Crippen molar-refractivity contribution in [3.05, 3.63) is 71.0 Å². The Morgan fingerprint density at radius 1 is 1.19 bits per heavy atom. The third-order valence-corrected chi connectivity index (χ3v) is 4.82. The van der Waals surface area contributed by atoms with E-state index in [9.17, 15) is 4.79 Å². The summed E-state index contributed by atoms with van der Waals surface area (Å²) >= 11 is 0. The Balaban J connectivity index is 1.75. The van der Waals surface area contributed by atoms with Crippen LogP contribution in [0.3, 0.4) is 0 Å². The number of hydrogen-bond donors (Lipinski definition) is 1. The van der Waals surface area contributed by atoms with Gasteiger partial charge < -0.3 is 9.84 Å². The molecule has 0 saturated carbocycles. The van der Waals surface area contributed by atoms with Crippen molar-refractivity contribution in [2.45, 2.75) is 40.2 Å². The van der Waals surface area contributed by atoms with Crippen molar-refractivity contribution in [3.8, 4) is 16.9 Å². The fourth-order valence-corrected chi connectivity index (χ4v) is 3.30. The maximum absolute atomic E-state index is 13.0. The van der Waals surface area contributed by atoms with Gasteiger partial charge in [0.1, 0.15) is 11.5 Å². The van der Waals surface area contributed by atoms with Crippen molar-refractivity contribution in [2.24, 2.45) is 0 Å². The molecule has 0 aliphatic heterocycles. The Hall–Kier alpha value is -3.88. The van der Waals surface area contributed by atoms with Crippen molar-refractivity contribution < 1.29 is 9.32 Å². The van der Waals surface area contributed by atoms with E-state index in [1.54, 1.807) is 23.0 Å². The zero-order valence-corrected chi connectivity index (χ0v) is 17.8. The molecule has 0 spiro atoms. The predicted molar refractivity (Wildman–Crippen MR) is 114 cm³/mol. The molecule has 1 N–H and O–H groups in total. The minimum absolute atomic E-state index is 0.114. The highest BCUT2D eigenvalue weighted by Gasteiger charge is 2.17. The molecule has 31 heavy (non-hydrogen) atoms. The highest BCUT2D eigenvalue weighted by Crippen LogP contribution is 2.26. The maximum atomic E-state index is 13.0. The summed E-state index contributed by atoms with van der Waals surface area (Å²) in [5, 5.41) is 18.9. The van der Waals surface area contributed by atoms with Gasteiger partial charge in [-0.1, -0.05) is 25.1 Å². The molecule has 4 aromatic rings. The first-order chi connectivity index (χ1) is 14.9. The Morgan fingerprint density at radius 2 is 2.03 bits per heavy atom. The molecule has 1 amide bonds. The van der Waals surface area contributed by atoms with Crippen LogP contribution in [-0.2, 0) is 6.54 Å². The van der Waals surface area contributed by atoms with Crippen LogP contribution in [0.1, 0.15) is 53.0 Å². The van der Waals surface area contributed by atoms with E-state index in [4.69, 9.17) is 4.52 Å². The fraction of sp³-hybridized carbons (Fsp3) is 0.273. The van der Waals surface area contributed by atoms with E-state index >= 15 is 0 Å². The van der Waals surface area contributed by atoms with Crippen LogP contribution < -0.4 is 5.32 Å². The summed E-state index contributed by atoms with van der Waals surface area (Å²) in [5.74, 6) is 1.28. The lowest BCUT2D eigenvalue weighted by atomic mass is 10.0. The maximum Gasteiger partial charge on any atom is 0.251 e. The van der Waals surface area contributed by atoms with E-state index in [1.165, 1.54) is 0 Å². The van der Waals surface area contributed by atoms with Crippen LogP contribution in [0.2, 0.25) is 0 Å². The van der Waals surface area contributed by atoms with Crippen LogP contribution in [0, 0.1) is 13.8 Å². The van der Waals surface area contributed by atoms with Gasteiger partial charge in [0.2, 0.25) is 0 Å². The SMILES string of the molecule is Cc1cc(CNC(=O)c2cc(-c3ncccc3C)cc(-n3nnnc3C(C)C)c2)no1. The van der Waals surface area contributed by atoms with Gasteiger partial charge in [-0.05, 0) is 54.1 Å². The largest absolute Gasteiger partial charge is 0.361 e. The molecular formula is C22H23N7O2. The third-order valence-electron chi connectivity index (χ3n) is 4.82. The number of pyridine rings is 1. The molecule has 0 fully saturated rings. The number of hydrogen-bond acceptors (Lipinski definition) is 7. The van der Waals surface area contributed by atoms with Gasteiger partial charge in [0.05, 0.1) is 17.9 Å². The minimum atomic E-state index is -0.239. The normalized spacial score (nSPS) is 11.1. The van der Waals surface area contributed by atoms with Crippen LogP contribution in [0.5, 0.6) is 0 Å². The summed E-state index contributed by atoms with van der Waals surface area (Å²) in [6.07, 6.45) is 1.73. The predicted octanol–water partition coefficient (Wildman–Crippen LogP) is 3.38. The Bertz CT molecular complexity index is 1230. The molecule has 158 valence electrons. The number of aryl methyl sites for hydroxylation is 2. The number of carbonyl (C=O) groups is 1. The topological polar surface area (TPSA) is 112 Å². The van der Waals surface area contributed by atoms with Gasteiger partial charge in [-0.3, -0.25) is 9.78 Å². The van der Waals surface area contributed by atoms with Crippen LogP contribution >= 0.6 is 0 Å². The molecule has 9 heteroatoms. The zero-order chi connectivity index (χ0) is 22.0. The molecule has 0 aliphatic carbocycles. The average molecular weight is 417 g/mol. The van der Waals surface area contributed by atoms with Gasteiger partial charge in [-0.15, -0.1) is 5.10 Å². The molecule has 3 heterocycles. The van der Waals surface area contributed by atoms with Gasteiger partial charge in [0.15, 0.2) is 5.82 Å². The second-order valence-corrected chi connectivity index (χ2v) is 7.65. The number of nitrogens with zero attached hydrogens (tertiary/aromatic N) is 6. The van der Waals surface area contributed by atoms with Crippen LogP contribution in [0.15, 0.2) is 47.1 Å². The van der Waals surface area contributed by atoms with Gasteiger partial charge >= 0.3 is 0 Å². The van der Waals surface area contributed by atoms with Gasteiger partial charge in [0.25, 0.3) is 5.91 Å². The van der Waals surface area contributed by atoms with Crippen molar-refractivity contribution in [1.29, 1.82) is 0 Å². The summed E-state index contributed by atoms with van der Waals surface area (Å²) < 4.78 is 6.72. The van der Waals surface area contributed by atoms with E-state index < -0.39 is 0 Å². The number of benzene rings is 1. The molecule has 0 bridgehead atoms. The zero-order valence-electron chi connectivity index (χ0n) is 17.8. The third kappa shape index (κ3) is 4.35. The van der Waals surface area contributed by atoms with Gasteiger partial charge in [-0.2, -0.15) is 4.68 Å². The number of nitrogens with one attached hydrogen (secondary N) is 1. The molecule has 4 rings (SSSR count).